The van der Waals surface area contributed by atoms with E-state index in [4.69, 9.17) is 5.73 Å². The fourth-order valence-electron chi connectivity index (χ4n) is 1.65. The van der Waals surface area contributed by atoms with Crippen LogP contribution in [0.3, 0.4) is 0 Å². The van der Waals surface area contributed by atoms with Crippen LogP contribution in [0.1, 0.15) is 43.4 Å². The van der Waals surface area contributed by atoms with Crippen molar-refractivity contribution in [2.75, 3.05) is 0 Å². The maximum Gasteiger partial charge on any atom is 0.0701 e. The molecule has 1 nitrogen and oxygen atoms in total. The highest BCUT2D eigenvalue weighted by Gasteiger charge is 2.37. The van der Waals surface area contributed by atoms with Crippen LogP contribution in [0, 0.1) is 0 Å². The van der Waals surface area contributed by atoms with Gasteiger partial charge in [-0.2, -0.15) is 0 Å². The zero-order valence-corrected chi connectivity index (χ0v) is 10.8. The predicted octanol–water partition coefficient (Wildman–Crippen LogP) is 3.89. The number of rotatable bonds is 4. The minimum Gasteiger partial charge on any atom is -0.325 e. The van der Waals surface area contributed by atoms with E-state index in [1.807, 2.05) is 11.3 Å². The van der Waals surface area contributed by atoms with Crippen molar-refractivity contribution in [3.8, 4) is 0 Å². The molecule has 0 aliphatic heterocycles. The molecule has 1 atom stereocenters. The van der Waals surface area contributed by atoms with Gasteiger partial charge in [-0.3, -0.25) is 0 Å². The fourth-order valence-corrected chi connectivity index (χ4v) is 3.16. The van der Waals surface area contributed by atoms with Crippen LogP contribution in [0.25, 0.3) is 0 Å². The summed E-state index contributed by atoms with van der Waals surface area (Å²) in [6.45, 7) is 2.30. The summed E-state index contributed by atoms with van der Waals surface area (Å²) >= 11 is 5.34. The Bertz CT molecular complexity index is 317. The second-order valence-electron chi connectivity index (χ2n) is 4.44. The second-order valence-corrected chi connectivity index (χ2v) is 6.94. The average molecular weight is 274 g/mol. The van der Waals surface area contributed by atoms with Crippen molar-refractivity contribution in [2.24, 2.45) is 5.73 Å². The smallest absolute Gasteiger partial charge is 0.0701 e. The molecule has 0 amide bonds. The van der Waals surface area contributed by atoms with E-state index in [1.165, 1.54) is 34.3 Å². The Morgan fingerprint density at radius 3 is 2.79 bits per heavy atom. The Kier molecular flexibility index (Phi) is 3.01. The van der Waals surface area contributed by atoms with E-state index in [9.17, 15) is 0 Å². The number of thiophene rings is 1. The van der Waals surface area contributed by atoms with Crippen LogP contribution in [0.5, 0.6) is 0 Å². The Morgan fingerprint density at radius 1 is 1.57 bits per heavy atom. The third-order valence-electron chi connectivity index (χ3n) is 3.05. The van der Waals surface area contributed by atoms with Crippen molar-refractivity contribution in [3.63, 3.8) is 0 Å². The normalized spacial score (nSPS) is 20.8. The molecule has 1 aliphatic carbocycles. The molecule has 14 heavy (non-hydrogen) atoms. The highest BCUT2D eigenvalue weighted by Crippen LogP contribution is 2.40. The van der Waals surface area contributed by atoms with Crippen molar-refractivity contribution in [3.05, 3.63) is 20.8 Å². The first kappa shape index (κ1) is 10.7. The van der Waals surface area contributed by atoms with Crippen LogP contribution in [0.4, 0.5) is 0 Å². The third-order valence-corrected chi connectivity index (χ3v) is 4.90. The molecule has 0 bridgehead atoms. The molecule has 1 aliphatic rings. The van der Waals surface area contributed by atoms with Gasteiger partial charge in [0.1, 0.15) is 0 Å². The molecule has 0 spiro atoms. The van der Waals surface area contributed by atoms with Crippen molar-refractivity contribution in [2.45, 2.75) is 44.1 Å². The highest BCUT2D eigenvalue weighted by molar-refractivity contribution is 9.11. The van der Waals surface area contributed by atoms with Crippen molar-refractivity contribution < 1.29 is 0 Å². The predicted molar refractivity (Wildman–Crippen MR) is 65.8 cm³/mol. The van der Waals surface area contributed by atoms with E-state index < -0.39 is 0 Å². The van der Waals surface area contributed by atoms with Crippen LogP contribution in [0.15, 0.2) is 15.9 Å². The zero-order chi connectivity index (χ0) is 10.2. The third kappa shape index (κ3) is 2.59. The fraction of sp³-hybridized carbons (Fsp3) is 0.636. The topological polar surface area (TPSA) is 26.0 Å². The first-order valence-electron chi connectivity index (χ1n) is 5.13. The van der Waals surface area contributed by atoms with E-state index in [-0.39, 0.29) is 5.54 Å². The standard InChI is InChI=1S/C11H16BrNS/c1-8(4-5-11(13)6-7-11)9-2-3-10(12)14-9/h2-3,8H,4-7,13H2,1H3. The maximum atomic E-state index is 6.07. The van der Waals surface area contributed by atoms with E-state index in [1.54, 1.807) is 0 Å². The van der Waals surface area contributed by atoms with Gasteiger partial charge in [-0.05, 0) is 59.7 Å². The molecule has 1 aromatic heterocycles. The van der Waals surface area contributed by atoms with Gasteiger partial charge in [0.05, 0.1) is 3.79 Å². The highest BCUT2D eigenvalue weighted by atomic mass is 79.9. The van der Waals surface area contributed by atoms with Gasteiger partial charge in [0.15, 0.2) is 0 Å². The summed E-state index contributed by atoms with van der Waals surface area (Å²) in [5.41, 5.74) is 6.28. The summed E-state index contributed by atoms with van der Waals surface area (Å²) in [5, 5.41) is 0. The van der Waals surface area contributed by atoms with Crippen molar-refractivity contribution >= 4 is 27.3 Å². The molecule has 1 fully saturated rings. The van der Waals surface area contributed by atoms with E-state index >= 15 is 0 Å². The molecule has 0 aromatic carbocycles. The quantitative estimate of drug-likeness (QED) is 0.885. The van der Waals surface area contributed by atoms with Gasteiger partial charge >= 0.3 is 0 Å². The molecule has 3 heteroatoms. The van der Waals surface area contributed by atoms with Crippen LogP contribution < -0.4 is 5.73 Å². The number of hydrogen-bond donors (Lipinski definition) is 1. The molecular weight excluding hydrogens is 258 g/mol. The van der Waals surface area contributed by atoms with Gasteiger partial charge in [0.2, 0.25) is 0 Å². The molecule has 2 N–H and O–H groups in total. The molecule has 1 aromatic rings. The van der Waals surface area contributed by atoms with Gasteiger partial charge in [0.25, 0.3) is 0 Å². The number of nitrogens with two attached hydrogens (primary N) is 1. The lowest BCUT2D eigenvalue weighted by Crippen LogP contribution is -2.21. The van der Waals surface area contributed by atoms with E-state index in [2.05, 4.69) is 35.0 Å². The molecule has 0 radical (unpaired) electrons. The first-order valence-corrected chi connectivity index (χ1v) is 6.74. The Balaban J connectivity index is 1.86. The van der Waals surface area contributed by atoms with Crippen LogP contribution >= 0.6 is 27.3 Å². The Morgan fingerprint density at radius 2 is 2.29 bits per heavy atom. The van der Waals surface area contributed by atoms with E-state index in [0.717, 1.165) is 0 Å². The lowest BCUT2D eigenvalue weighted by atomic mass is 9.99. The summed E-state index contributed by atoms with van der Waals surface area (Å²) < 4.78 is 1.23. The Hall–Kier alpha value is 0.140. The van der Waals surface area contributed by atoms with Gasteiger partial charge in [-0.25, -0.2) is 0 Å². The van der Waals surface area contributed by atoms with Gasteiger partial charge in [-0.1, -0.05) is 6.92 Å². The average Bonchev–Trinajstić information content (AvgIpc) is 2.71. The minimum absolute atomic E-state index is 0.211. The molecule has 78 valence electrons. The second kappa shape index (κ2) is 3.95. The number of halogens is 1. The minimum atomic E-state index is 0.211. The van der Waals surface area contributed by atoms with Crippen molar-refractivity contribution in [1.82, 2.24) is 0 Å². The molecule has 1 heterocycles. The SMILES string of the molecule is CC(CCC1(N)CC1)c1ccc(Br)s1. The van der Waals surface area contributed by atoms with Crippen LogP contribution in [-0.4, -0.2) is 5.54 Å². The van der Waals surface area contributed by atoms with Crippen molar-refractivity contribution in [1.29, 1.82) is 0 Å². The summed E-state index contributed by atoms with van der Waals surface area (Å²) in [5.74, 6) is 0.660. The summed E-state index contributed by atoms with van der Waals surface area (Å²) in [6, 6.07) is 4.35. The lowest BCUT2D eigenvalue weighted by molar-refractivity contribution is 0.536. The van der Waals surface area contributed by atoms with Gasteiger partial charge in [0, 0.05) is 10.4 Å². The summed E-state index contributed by atoms with van der Waals surface area (Å²) in [6.07, 6.45) is 4.87. The maximum absolute atomic E-state index is 6.07. The summed E-state index contributed by atoms with van der Waals surface area (Å²) in [7, 11) is 0. The molecular formula is C11H16BrNS. The largest absolute Gasteiger partial charge is 0.325 e. The lowest BCUT2D eigenvalue weighted by Gasteiger charge is -2.12. The van der Waals surface area contributed by atoms with Crippen LogP contribution in [-0.2, 0) is 0 Å². The van der Waals surface area contributed by atoms with Crippen LogP contribution in [0.2, 0.25) is 0 Å². The summed E-state index contributed by atoms with van der Waals surface area (Å²) in [4.78, 5) is 1.47. The first-order chi connectivity index (χ1) is 6.59. The molecule has 0 saturated heterocycles. The number of hydrogen-bond acceptors (Lipinski definition) is 2. The molecule has 1 unspecified atom stereocenters. The van der Waals surface area contributed by atoms with E-state index in [0.29, 0.717) is 5.92 Å². The molecule has 2 rings (SSSR count). The monoisotopic (exact) mass is 273 g/mol. The molecule has 1 saturated carbocycles. The Labute approximate surface area is 97.8 Å². The van der Waals surface area contributed by atoms with Gasteiger partial charge < -0.3 is 5.73 Å². The van der Waals surface area contributed by atoms with Gasteiger partial charge in [-0.15, -0.1) is 11.3 Å². The zero-order valence-electron chi connectivity index (χ0n) is 8.42.